The molecule has 0 bridgehead atoms. The Morgan fingerprint density at radius 3 is 2.41 bits per heavy atom. The maximum Gasteiger partial charge on any atom is 0.241 e. The van der Waals surface area contributed by atoms with Gasteiger partial charge in [0, 0.05) is 23.9 Å². The van der Waals surface area contributed by atoms with E-state index in [0.29, 0.717) is 32.5 Å². The summed E-state index contributed by atoms with van der Waals surface area (Å²) in [6.45, 7) is 7.50. The number of aromatic amines is 1. The molecule has 8 heteroatoms. The number of fused-ring (bicyclic) bond motifs is 1. The topological polar surface area (TPSA) is 91.1 Å². The van der Waals surface area contributed by atoms with Gasteiger partial charge in [-0.1, -0.05) is 11.6 Å². The van der Waals surface area contributed by atoms with Gasteiger partial charge in [0.25, 0.3) is 0 Å². The van der Waals surface area contributed by atoms with Crippen LogP contribution < -0.4 is 10.6 Å². The highest BCUT2D eigenvalue weighted by atomic mass is 35.5. The molecule has 1 fully saturated rings. The van der Waals surface area contributed by atoms with Gasteiger partial charge in [-0.25, -0.2) is 8.42 Å². The lowest BCUT2D eigenvalue weighted by Gasteiger charge is -2.34. The lowest BCUT2D eigenvalue weighted by molar-refractivity contribution is -0.124. The molecule has 1 aromatic carbocycles. The second-order valence-electron chi connectivity index (χ2n) is 7.42. The Bertz CT molecular complexity index is 960. The average molecular weight is 414 g/mol. The number of hydrogen-bond acceptors (Lipinski definition) is 4. The molecule has 0 radical (unpaired) electrons. The van der Waals surface area contributed by atoms with Gasteiger partial charge in [0.2, 0.25) is 5.91 Å². The van der Waals surface area contributed by atoms with Crippen molar-refractivity contribution in [1.82, 2.24) is 15.6 Å². The molecule has 2 aromatic rings. The van der Waals surface area contributed by atoms with Gasteiger partial charge in [-0.15, -0.1) is 12.4 Å². The van der Waals surface area contributed by atoms with E-state index in [1.54, 1.807) is 0 Å². The molecular weight excluding hydrogens is 386 g/mol. The number of hydrogen-bond donors (Lipinski definition) is 3. The zero-order valence-electron chi connectivity index (χ0n) is 16.2. The van der Waals surface area contributed by atoms with Crippen molar-refractivity contribution in [2.75, 3.05) is 19.3 Å². The Labute approximate surface area is 166 Å². The van der Waals surface area contributed by atoms with E-state index >= 15 is 0 Å². The van der Waals surface area contributed by atoms with Crippen LogP contribution in [0.4, 0.5) is 0 Å². The third kappa shape index (κ3) is 3.86. The first-order valence-corrected chi connectivity index (χ1v) is 10.8. The van der Waals surface area contributed by atoms with E-state index in [1.807, 2.05) is 19.9 Å². The highest BCUT2D eigenvalue weighted by Gasteiger charge is 2.48. The standard InChI is InChI=1S/C19H27N3O3S.ClH/c1-12-9-15(17-16(10-12)13(2)14(3)22-17)11-21-18(23)19(26(4,24)25)5-7-20-8-6-19;/h9-10,20,22H,5-8,11H2,1-4H3,(H,21,23);1H. The van der Waals surface area contributed by atoms with Gasteiger partial charge in [0.15, 0.2) is 14.6 Å². The number of amides is 1. The van der Waals surface area contributed by atoms with Gasteiger partial charge in [-0.3, -0.25) is 4.79 Å². The number of halogens is 1. The van der Waals surface area contributed by atoms with Crippen LogP contribution >= 0.6 is 12.4 Å². The molecule has 150 valence electrons. The number of piperidine rings is 1. The number of benzene rings is 1. The second kappa shape index (κ2) is 7.81. The number of carbonyl (C=O) groups excluding carboxylic acids is 1. The molecule has 0 spiro atoms. The number of aryl methyl sites for hydroxylation is 3. The van der Waals surface area contributed by atoms with Gasteiger partial charge in [-0.2, -0.15) is 0 Å². The Kier molecular flexibility index (Phi) is 6.29. The zero-order valence-corrected chi connectivity index (χ0v) is 17.9. The maximum absolute atomic E-state index is 12.9. The smallest absolute Gasteiger partial charge is 0.241 e. The lowest BCUT2D eigenvalue weighted by Crippen LogP contribution is -2.57. The molecule has 1 aliphatic heterocycles. The summed E-state index contributed by atoms with van der Waals surface area (Å²) in [5, 5.41) is 7.17. The van der Waals surface area contributed by atoms with E-state index < -0.39 is 20.5 Å². The molecule has 6 nitrogen and oxygen atoms in total. The fourth-order valence-electron chi connectivity index (χ4n) is 3.86. The molecule has 2 heterocycles. The van der Waals surface area contributed by atoms with Gasteiger partial charge in [-0.05, 0) is 63.9 Å². The first kappa shape index (κ1) is 21.7. The van der Waals surface area contributed by atoms with E-state index in [2.05, 4.69) is 28.6 Å². The number of rotatable bonds is 4. The van der Waals surface area contributed by atoms with Crippen LogP contribution in [-0.4, -0.2) is 43.4 Å². The maximum atomic E-state index is 12.9. The van der Waals surface area contributed by atoms with E-state index in [-0.39, 0.29) is 12.4 Å². The molecule has 3 N–H and O–H groups in total. The van der Waals surface area contributed by atoms with Crippen LogP contribution in [0.1, 0.15) is 35.2 Å². The van der Waals surface area contributed by atoms with Crippen LogP contribution in [0.5, 0.6) is 0 Å². The summed E-state index contributed by atoms with van der Waals surface area (Å²) >= 11 is 0. The molecule has 0 saturated carbocycles. The van der Waals surface area contributed by atoms with Crippen molar-refractivity contribution in [1.29, 1.82) is 0 Å². The Morgan fingerprint density at radius 2 is 1.81 bits per heavy atom. The minimum Gasteiger partial charge on any atom is -0.358 e. The summed E-state index contributed by atoms with van der Waals surface area (Å²) in [5.74, 6) is -0.392. The zero-order chi connectivity index (χ0) is 19.1. The first-order valence-electron chi connectivity index (χ1n) is 8.93. The van der Waals surface area contributed by atoms with Crippen molar-refractivity contribution < 1.29 is 13.2 Å². The summed E-state index contributed by atoms with van der Waals surface area (Å²) in [6, 6.07) is 4.16. The van der Waals surface area contributed by atoms with Crippen LogP contribution in [0.2, 0.25) is 0 Å². The van der Waals surface area contributed by atoms with Crippen molar-refractivity contribution >= 4 is 39.1 Å². The first-order chi connectivity index (χ1) is 12.2. The molecular formula is C19H28ClN3O3S. The molecule has 0 aliphatic carbocycles. The van der Waals surface area contributed by atoms with Gasteiger partial charge < -0.3 is 15.6 Å². The largest absolute Gasteiger partial charge is 0.358 e. The van der Waals surface area contributed by atoms with Crippen LogP contribution in [-0.2, 0) is 21.2 Å². The van der Waals surface area contributed by atoms with Crippen LogP contribution in [0.25, 0.3) is 10.9 Å². The SMILES string of the molecule is Cc1cc(CNC(=O)C2(S(C)(=O)=O)CCNCC2)c2[nH]c(C)c(C)c2c1.Cl. The minimum atomic E-state index is -3.50. The van der Waals surface area contributed by atoms with Gasteiger partial charge in [0.1, 0.15) is 0 Å². The van der Waals surface area contributed by atoms with Crippen LogP contribution in [0, 0.1) is 20.8 Å². The molecule has 1 aromatic heterocycles. The summed E-state index contributed by atoms with van der Waals surface area (Å²) < 4.78 is 23.4. The molecule has 0 atom stereocenters. The van der Waals surface area contributed by atoms with Crippen LogP contribution in [0.15, 0.2) is 12.1 Å². The number of H-pyrrole nitrogens is 1. The fourth-order valence-corrected chi connectivity index (χ4v) is 5.22. The normalized spacial score (nSPS) is 16.7. The monoisotopic (exact) mass is 413 g/mol. The summed E-state index contributed by atoms with van der Waals surface area (Å²) in [7, 11) is -3.50. The van der Waals surface area contributed by atoms with Gasteiger partial charge >= 0.3 is 0 Å². The van der Waals surface area contributed by atoms with Crippen molar-refractivity contribution in [2.24, 2.45) is 0 Å². The molecule has 1 aliphatic rings. The van der Waals surface area contributed by atoms with Crippen molar-refractivity contribution in [3.05, 3.63) is 34.5 Å². The minimum absolute atomic E-state index is 0. The summed E-state index contributed by atoms with van der Waals surface area (Å²) in [6.07, 6.45) is 1.78. The Balaban J connectivity index is 0.00000261. The number of sulfone groups is 1. The highest BCUT2D eigenvalue weighted by molar-refractivity contribution is 7.92. The lowest BCUT2D eigenvalue weighted by atomic mass is 9.95. The summed E-state index contributed by atoms with van der Waals surface area (Å²) in [4.78, 5) is 16.3. The molecule has 3 rings (SSSR count). The number of carbonyl (C=O) groups is 1. The second-order valence-corrected chi connectivity index (χ2v) is 9.75. The predicted octanol–water partition coefficient (Wildman–Crippen LogP) is 2.30. The van der Waals surface area contributed by atoms with Crippen molar-refractivity contribution in [3.63, 3.8) is 0 Å². The highest BCUT2D eigenvalue weighted by Crippen LogP contribution is 2.29. The quantitative estimate of drug-likeness (QED) is 0.717. The van der Waals surface area contributed by atoms with Gasteiger partial charge in [0.05, 0.1) is 5.52 Å². The molecule has 1 saturated heterocycles. The number of aromatic nitrogens is 1. The Hall–Kier alpha value is -1.57. The molecule has 27 heavy (non-hydrogen) atoms. The fraction of sp³-hybridized carbons (Fsp3) is 0.526. The molecule has 1 amide bonds. The van der Waals surface area contributed by atoms with E-state index in [0.717, 1.165) is 27.7 Å². The van der Waals surface area contributed by atoms with Crippen LogP contribution in [0.3, 0.4) is 0 Å². The van der Waals surface area contributed by atoms with E-state index in [1.165, 1.54) is 11.8 Å². The Morgan fingerprint density at radius 1 is 1.19 bits per heavy atom. The number of nitrogens with one attached hydrogen (secondary N) is 3. The van der Waals surface area contributed by atoms with E-state index in [9.17, 15) is 13.2 Å². The van der Waals surface area contributed by atoms with Crippen molar-refractivity contribution in [2.45, 2.75) is 44.9 Å². The molecule has 0 unspecified atom stereocenters. The van der Waals surface area contributed by atoms with E-state index in [4.69, 9.17) is 0 Å². The van der Waals surface area contributed by atoms with Crippen molar-refractivity contribution in [3.8, 4) is 0 Å². The third-order valence-electron chi connectivity index (χ3n) is 5.62. The third-order valence-corrected chi connectivity index (χ3v) is 7.63. The average Bonchev–Trinajstić information content (AvgIpc) is 2.87. The predicted molar refractivity (Wildman–Crippen MR) is 111 cm³/mol. The summed E-state index contributed by atoms with van der Waals surface area (Å²) in [5.41, 5.74) is 5.39.